The number of aryl methyl sites for hydroxylation is 1. The monoisotopic (exact) mass is 325 g/mol. The summed E-state index contributed by atoms with van der Waals surface area (Å²) in [6, 6.07) is 8.20. The Kier molecular flexibility index (Phi) is 4.86. The van der Waals surface area contributed by atoms with Crippen molar-refractivity contribution in [3.8, 4) is 0 Å². The van der Waals surface area contributed by atoms with E-state index in [2.05, 4.69) is 34.0 Å². The van der Waals surface area contributed by atoms with E-state index in [4.69, 9.17) is 5.73 Å². The lowest BCUT2D eigenvalue weighted by molar-refractivity contribution is 0.658. The zero-order chi connectivity index (χ0) is 13.0. The quantitative estimate of drug-likeness (QED) is 0.856. The molecule has 2 aromatic rings. The first-order valence-electron chi connectivity index (χ1n) is 5.86. The summed E-state index contributed by atoms with van der Waals surface area (Å²) < 4.78 is 3.02. The Morgan fingerprint density at radius 2 is 2.22 bits per heavy atom. The predicted molar refractivity (Wildman–Crippen MR) is 79.7 cm³/mol. The van der Waals surface area contributed by atoms with Crippen molar-refractivity contribution >= 4 is 27.7 Å². The summed E-state index contributed by atoms with van der Waals surface area (Å²) in [5, 5.41) is 4.25. The van der Waals surface area contributed by atoms with Crippen molar-refractivity contribution in [1.29, 1.82) is 0 Å². The first kappa shape index (κ1) is 13.6. The molecule has 0 bridgehead atoms. The van der Waals surface area contributed by atoms with Crippen molar-refractivity contribution in [2.45, 2.75) is 24.4 Å². The first-order valence-corrected chi connectivity index (χ1v) is 7.64. The van der Waals surface area contributed by atoms with Gasteiger partial charge in [-0.25, -0.2) is 0 Å². The molecular formula is C13H16BrN3S. The normalized spacial score (nSPS) is 12.6. The topological polar surface area (TPSA) is 43.8 Å². The number of halogens is 1. The molecule has 0 radical (unpaired) electrons. The van der Waals surface area contributed by atoms with Gasteiger partial charge in [-0.15, -0.1) is 11.8 Å². The average Bonchev–Trinajstić information content (AvgIpc) is 2.86. The minimum atomic E-state index is 0.0161. The molecule has 18 heavy (non-hydrogen) atoms. The second-order valence-electron chi connectivity index (χ2n) is 3.98. The van der Waals surface area contributed by atoms with Crippen LogP contribution >= 0.6 is 27.7 Å². The van der Waals surface area contributed by atoms with E-state index in [0.717, 1.165) is 22.3 Å². The molecule has 0 amide bonds. The maximum absolute atomic E-state index is 6.17. The summed E-state index contributed by atoms with van der Waals surface area (Å²) in [7, 11) is 0. The third-order valence-electron chi connectivity index (χ3n) is 2.66. The number of nitrogens with zero attached hydrogens (tertiary/aromatic N) is 2. The highest BCUT2D eigenvalue weighted by atomic mass is 79.9. The summed E-state index contributed by atoms with van der Waals surface area (Å²) >= 11 is 5.30. The second kappa shape index (κ2) is 6.41. The lowest BCUT2D eigenvalue weighted by atomic mass is 10.2. The molecule has 1 atom stereocenters. The smallest absolute Gasteiger partial charge is 0.0537 e. The Labute approximate surface area is 120 Å². The van der Waals surface area contributed by atoms with Gasteiger partial charge in [0.05, 0.1) is 6.20 Å². The lowest BCUT2D eigenvalue weighted by Crippen LogP contribution is -2.12. The second-order valence-corrected chi connectivity index (χ2v) is 5.89. The Morgan fingerprint density at radius 3 is 2.89 bits per heavy atom. The largest absolute Gasteiger partial charge is 0.323 e. The number of hydrogen-bond acceptors (Lipinski definition) is 3. The van der Waals surface area contributed by atoms with E-state index >= 15 is 0 Å². The van der Waals surface area contributed by atoms with Gasteiger partial charge in [-0.3, -0.25) is 4.68 Å². The van der Waals surface area contributed by atoms with Crippen LogP contribution in [0.2, 0.25) is 0 Å². The standard InChI is InChI=1S/C13H16BrN3S/c1-2-17-8-10(7-16-17)12(15)9-18-13-6-4-3-5-11(13)14/h3-8,12H,2,9,15H2,1H3. The van der Waals surface area contributed by atoms with E-state index in [0.29, 0.717) is 0 Å². The Balaban J connectivity index is 1.96. The van der Waals surface area contributed by atoms with Gasteiger partial charge in [0.1, 0.15) is 0 Å². The number of nitrogens with two attached hydrogens (primary N) is 1. The molecule has 1 aromatic heterocycles. The van der Waals surface area contributed by atoms with Crippen LogP contribution in [0.15, 0.2) is 46.0 Å². The summed E-state index contributed by atoms with van der Waals surface area (Å²) in [5.74, 6) is 0.845. The molecule has 0 aliphatic heterocycles. The summed E-state index contributed by atoms with van der Waals surface area (Å²) in [5.41, 5.74) is 7.27. The third kappa shape index (κ3) is 3.37. The van der Waals surface area contributed by atoms with Crippen molar-refractivity contribution in [2.75, 3.05) is 5.75 Å². The maximum Gasteiger partial charge on any atom is 0.0537 e. The van der Waals surface area contributed by atoms with Crippen LogP contribution in [-0.4, -0.2) is 15.5 Å². The van der Waals surface area contributed by atoms with Gasteiger partial charge >= 0.3 is 0 Å². The Hall–Kier alpha value is -0.780. The molecule has 96 valence electrons. The zero-order valence-corrected chi connectivity index (χ0v) is 12.6. The fourth-order valence-corrected chi connectivity index (χ4v) is 3.14. The fraction of sp³-hybridized carbons (Fsp3) is 0.308. The van der Waals surface area contributed by atoms with Gasteiger partial charge in [-0.1, -0.05) is 12.1 Å². The van der Waals surface area contributed by atoms with Crippen LogP contribution in [-0.2, 0) is 6.54 Å². The highest BCUT2D eigenvalue weighted by Gasteiger charge is 2.10. The number of thioether (sulfide) groups is 1. The van der Waals surface area contributed by atoms with Crippen LogP contribution in [0.1, 0.15) is 18.5 Å². The van der Waals surface area contributed by atoms with Crippen molar-refractivity contribution in [3.05, 3.63) is 46.7 Å². The van der Waals surface area contributed by atoms with Crippen LogP contribution in [0, 0.1) is 0 Å². The van der Waals surface area contributed by atoms with E-state index in [1.807, 2.05) is 35.3 Å². The zero-order valence-electron chi connectivity index (χ0n) is 10.2. The van der Waals surface area contributed by atoms with Crippen LogP contribution in [0.5, 0.6) is 0 Å². The molecule has 3 nitrogen and oxygen atoms in total. The molecule has 0 saturated carbocycles. The molecule has 0 fully saturated rings. The van der Waals surface area contributed by atoms with Gasteiger partial charge in [-0.05, 0) is 35.0 Å². The fourth-order valence-electron chi connectivity index (χ4n) is 1.58. The van der Waals surface area contributed by atoms with Gasteiger partial charge in [0, 0.05) is 39.5 Å². The van der Waals surface area contributed by atoms with Gasteiger partial charge in [0.25, 0.3) is 0 Å². The van der Waals surface area contributed by atoms with E-state index in [9.17, 15) is 0 Å². The van der Waals surface area contributed by atoms with Gasteiger partial charge in [-0.2, -0.15) is 5.10 Å². The van der Waals surface area contributed by atoms with Crippen LogP contribution in [0.3, 0.4) is 0 Å². The van der Waals surface area contributed by atoms with Gasteiger partial charge < -0.3 is 5.73 Å². The van der Waals surface area contributed by atoms with E-state index in [-0.39, 0.29) is 6.04 Å². The highest BCUT2D eigenvalue weighted by molar-refractivity contribution is 9.10. The predicted octanol–water partition coefficient (Wildman–Crippen LogP) is 3.46. The average molecular weight is 326 g/mol. The van der Waals surface area contributed by atoms with Gasteiger partial charge in [0.2, 0.25) is 0 Å². The molecule has 2 rings (SSSR count). The van der Waals surface area contributed by atoms with E-state index in [1.54, 1.807) is 11.8 Å². The molecule has 1 aromatic carbocycles. The van der Waals surface area contributed by atoms with Crippen LogP contribution < -0.4 is 5.73 Å². The minimum absolute atomic E-state index is 0.0161. The van der Waals surface area contributed by atoms with Crippen LogP contribution in [0.25, 0.3) is 0 Å². The van der Waals surface area contributed by atoms with Gasteiger partial charge in [0.15, 0.2) is 0 Å². The van der Waals surface area contributed by atoms with Crippen molar-refractivity contribution in [2.24, 2.45) is 5.73 Å². The van der Waals surface area contributed by atoms with Crippen molar-refractivity contribution in [1.82, 2.24) is 9.78 Å². The molecule has 0 spiro atoms. The number of benzene rings is 1. The van der Waals surface area contributed by atoms with Crippen molar-refractivity contribution in [3.63, 3.8) is 0 Å². The number of aromatic nitrogens is 2. The third-order valence-corrected chi connectivity index (χ3v) is 4.81. The molecule has 1 heterocycles. The van der Waals surface area contributed by atoms with Crippen LogP contribution in [0.4, 0.5) is 0 Å². The molecule has 1 unspecified atom stereocenters. The number of rotatable bonds is 5. The molecule has 0 saturated heterocycles. The molecular weight excluding hydrogens is 310 g/mol. The summed E-state index contributed by atoms with van der Waals surface area (Å²) in [6.07, 6.45) is 3.88. The molecule has 0 aliphatic rings. The summed E-state index contributed by atoms with van der Waals surface area (Å²) in [4.78, 5) is 1.22. The van der Waals surface area contributed by atoms with E-state index < -0.39 is 0 Å². The molecule has 2 N–H and O–H groups in total. The molecule has 0 aliphatic carbocycles. The molecule has 5 heteroatoms. The number of hydrogen-bond donors (Lipinski definition) is 1. The first-order chi connectivity index (χ1) is 8.70. The maximum atomic E-state index is 6.17. The lowest BCUT2D eigenvalue weighted by Gasteiger charge is -2.09. The van der Waals surface area contributed by atoms with E-state index in [1.165, 1.54) is 4.90 Å². The SMILES string of the molecule is CCn1cc(C(N)CSc2ccccc2Br)cn1. The minimum Gasteiger partial charge on any atom is -0.323 e. The Bertz CT molecular complexity index is 512. The van der Waals surface area contributed by atoms with Crippen molar-refractivity contribution < 1.29 is 0 Å². The Morgan fingerprint density at radius 1 is 1.44 bits per heavy atom. The summed E-state index contributed by atoms with van der Waals surface area (Å²) in [6.45, 7) is 2.95. The highest BCUT2D eigenvalue weighted by Crippen LogP contribution is 2.29.